The van der Waals surface area contributed by atoms with Gasteiger partial charge in [0.25, 0.3) is 0 Å². The fourth-order valence-corrected chi connectivity index (χ4v) is 4.35. The van der Waals surface area contributed by atoms with E-state index in [2.05, 4.69) is 20.3 Å². The van der Waals surface area contributed by atoms with Gasteiger partial charge in [-0.2, -0.15) is 9.97 Å². The number of aryl methyl sites for hydroxylation is 2. The molecular formula is C23H27N5O4. The first-order valence-electron chi connectivity index (χ1n) is 11.2. The molecule has 1 amide bonds. The molecule has 2 aliphatic rings. The number of benzene rings is 1. The van der Waals surface area contributed by atoms with Crippen LogP contribution in [0.1, 0.15) is 60.7 Å². The molecule has 3 aromatic rings. The highest BCUT2D eigenvalue weighted by Crippen LogP contribution is 2.30. The maximum Gasteiger partial charge on any atom is 0.231 e. The first-order valence-corrected chi connectivity index (χ1v) is 11.2. The molecule has 0 spiro atoms. The Morgan fingerprint density at radius 1 is 1.09 bits per heavy atom. The minimum Gasteiger partial charge on any atom is -0.381 e. The molecule has 0 aliphatic carbocycles. The standard InChI is InChI=1S/C23H27N5O4/c1-15-3-2-4-17(13-15)22-24-19(31-26-22)5-6-20(29)28-10-7-18(14-28)23-25-21(27-32-23)16-8-11-30-12-9-16/h2-4,13,16,18H,5-12,14H2,1H3. The van der Waals surface area contributed by atoms with Crippen molar-refractivity contribution >= 4 is 5.91 Å². The summed E-state index contributed by atoms with van der Waals surface area (Å²) in [5.41, 5.74) is 2.04. The van der Waals surface area contributed by atoms with Gasteiger partial charge in [-0.25, -0.2) is 0 Å². The van der Waals surface area contributed by atoms with Crippen LogP contribution in [-0.2, 0) is 16.0 Å². The first-order chi connectivity index (χ1) is 15.7. The van der Waals surface area contributed by atoms with E-state index in [0.717, 1.165) is 49.4 Å². The van der Waals surface area contributed by atoms with E-state index < -0.39 is 0 Å². The molecule has 0 radical (unpaired) electrons. The molecule has 0 N–H and O–H groups in total. The minimum absolute atomic E-state index is 0.0759. The number of hydrogen-bond donors (Lipinski definition) is 0. The fourth-order valence-electron chi connectivity index (χ4n) is 4.35. The summed E-state index contributed by atoms with van der Waals surface area (Å²) >= 11 is 0. The van der Waals surface area contributed by atoms with Gasteiger partial charge in [0.1, 0.15) is 0 Å². The molecule has 5 rings (SSSR count). The van der Waals surface area contributed by atoms with Crippen LogP contribution < -0.4 is 0 Å². The lowest BCUT2D eigenvalue weighted by Gasteiger charge is -2.18. The first kappa shape index (κ1) is 20.8. The average molecular weight is 438 g/mol. The van der Waals surface area contributed by atoms with Gasteiger partial charge in [-0.3, -0.25) is 4.79 Å². The zero-order chi connectivity index (χ0) is 21.9. The van der Waals surface area contributed by atoms with Crippen molar-refractivity contribution in [1.29, 1.82) is 0 Å². The summed E-state index contributed by atoms with van der Waals surface area (Å²) < 4.78 is 16.3. The lowest BCUT2D eigenvalue weighted by molar-refractivity contribution is -0.130. The number of ether oxygens (including phenoxy) is 1. The van der Waals surface area contributed by atoms with Gasteiger partial charge in [-0.1, -0.05) is 34.1 Å². The van der Waals surface area contributed by atoms with Crippen LogP contribution in [0.15, 0.2) is 33.3 Å². The van der Waals surface area contributed by atoms with Gasteiger partial charge in [0, 0.05) is 50.6 Å². The lowest BCUT2D eigenvalue weighted by Crippen LogP contribution is -2.28. The highest BCUT2D eigenvalue weighted by Gasteiger charge is 2.32. The number of aromatic nitrogens is 4. The summed E-state index contributed by atoms with van der Waals surface area (Å²) in [5.74, 6) is 2.91. The number of rotatable bonds is 6. The molecule has 2 saturated heterocycles. The second kappa shape index (κ2) is 9.20. The number of likely N-dealkylation sites (tertiary alicyclic amines) is 1. The molecule has 0 bridgehead atoms. The molecule has 2 aliphatic heterocycles. The molecule has 9 heteroatoms. The summed E-state index contributed by atoms with van der Waals surface area (Å²) in [6, 6.07) is 7.94. The van der Waals surface area contributed by atoms with Crippen molar-refractivity contribution in [3.8, 4) is 11.4 Å². The zero-order valence-corrected chi connectivity index (χ0v) is 18.2. The Labute approximate surface area is 186 Å². The van der Waals surface area contributed by atoms with Crippen molar-refractivity contribution in [2.75, 3.05) is 26.3 Å². The van der Waals surface area contributed by atoms with E-state index in [0.29, 0.717) is 49.5 Å². The molecule has 0 saturated carbocycles. The topological polar surface area (TPSA) is 107 Å². The largest absolute Gasteiger partial charge is 0.381 e. The maximum atomic E-state index is 12.7. The van der Waals surface area contributed by atoms with Crippen molar-refractivity contribution in [3.05, 3.63) is 47.4 Å². The summed E-state index contributed by atoms with van der Waals surface area (Å²) in [7, 11) is 0. The van der Waals surface area contributed by atoms with Crippen LogP contribution in [0.25, 0.3) is 11.4 Å². The Kier molecular flexibility index (Phi) is 5.98. The van der Waals surface area contributed by atoms with Crippen LogP contribution in [0.3, 0.4) is 0 Å². The number of nitrogens with zero attached hydrogens (tertiary/aromatic N) is 5. The molecular weight excluding hydrogens is 410 g/mol. The number of carbonyl (C=O) groups excluding carboxylic acids is 1. The third kappa shape index (κ3) is 4.57. The number of hydrogen-bond acceptors (Lipinski definition) is 8. The van der Waals surface area contributed by atoms with E-state index in [1.54, 1.807) is 0 Å². The van der Waals surface area contributed by atoms with Gasteiger partial charge in [0.2, 0.25) is 23.5 Å². The highest BCUT2D eigenvalue weighted by atomic mass is 16.5. The van der Waals surface area contributed by atoms with Gasteiger partial charge in [-0.15, -0.1) is 0 Å². The Bertz CT molecular complexity index is 1070. The van der Waals surface area contributed by atoms with Crippen molar-refractivity contribution in [1.82, 2.24) is 25.2 Å². The minimum atomic E-state index is 0.0759. The summed E-state index contributed by atoms with van der Waals surface area (Å²) in [4.78, 5) is 23.7. The Morgan fingerprint density at radius 2 is 1.97 bits per heavy atom. The predicted octanol–water partition coefficient (Wildman–Crippen LogP) is 3.27. The fraction of sp³-hybridized carbons (Fsp3) is 0.522. The van der Waals surface area contributed by atoms with E-state index in [4.69, 9.17) is 13.8 Å². The van der Waals surface area contributed by atoms with Gasteiger partial charge in [-0.05, 0) is 32.3 Å². The van der Waals surface area contributed by atoms with Crippen LogP contribution in [0, 0.1) is 6.92 Å². The van der Waals surface area contributed by atoms with E-state index >= 15 is 0 Å². The van der Waals surface area contributed by atoms with Crippen LogP contribution in [0.4, 0.5) is 0 Å². The van der Waals surface area contributed by atoms with Crippen molar-refractivity contribution < 1.29 is 18.6 Å². The van der Waals surface area contributed by atoms with Crippen LogP contribution >= 0.6 is 0 Å². The highest BCUT2D eigenvalue weighted by molar-refractivity contribution is 5.76. The van der Waals surface area contributed by atoms with Crippen LogP contribution in [0.5, 0.6) is 0 Å². The molecule has 2 aromatic heterocycles. The number of amides is 1. The second-order valence-electron chi connectivity index (χ2n) is 8.58. The van der Waals surface area contributed by atoms with E-state index in [1.807, 2.05) is 36.1 Å². The maximum absolute atomic E-state index is 12.7. The van der Waals surface area contributed by atoms with Crippen molar-refractivity contribution in [3.63, 3.8) is 0 Å². The molecule has 168 valence electrons. The molecule has 4 heterocycles. The second-order valence-corrected chi connectivity index (χ2v) is 8.58. The Hall–Kier alpha value is -3.07. The van der Waals surface area contributed by atoms with E-state index in [-0.39, 0.29) is 11.8 Å². The summed E-state index contributed by atoms with van der Waals surface area (Å²) in [5, 5.41) is 8.24. The zero-order valence-electron chi connectivity index (χ0n) is 18.2. The average Bonchev–Trinajstić information content (AvgIpc) is 3.58. The summed E-state index contributed by atoms with van der Waals surface area (Å²) in [6.07, 6.45) is 3.44. The Morgan fingerprint density at radius 3 is 2.81 bits per heavy atom. The third-order valence-electron chi connectivity index (χ3n) is 6.23. The smallest absolute Gasteiger partial charge is 0.231 e. The predicted molar refractivity (Wildman–Crippen MR) is 114 cm³/mol. The van der Waals surface area contributed by atoms with Crippen LogP contribution in [0.2, 0.25) is 0 Å². The van der Waals surface area contributed by atoms with Crippen LogP contribution in [-0.4, -0.2) is 57.4 Å². The van der Waals surface area contributed by atoms with E-state index in [9.17, 15) is 4.79 Å². The molecule has 1 aromatic carbocycles. The van der Waals surface area contributed by atoms with Crippen molar-refractivity contribution in [2.24, 2.45) is 0 Å². The van der Waals surface area contributed by atoms with Crippen molar-refractivity contribution in [2.45, 2.75) is 50.9 Å². The SMILES string of the molecule is Cc1cccc(-c2noc(CCC(=O)N3CCC(c4nc(C5CCOCC5)no4)C3)n2)c1. The van der Waals surface area contributed by atoms with Gasteiger partial charge >= 0.3 is 0 Å². The third-order valence-corrected chi connectivity index (χ3v) is 6.23. The Balaban J connectivity index is 1.13. The van der Waals surface area contributed by atoms with Gasteiger partial charge < -0.3 is 18.7 Å². The van der Waals surface area contributed by atoms with Gasteiger partial charge in [0.05, 0.1) is 5.92 Å². The lowest BCUT2D eigenvalue weighted by atomic mass is 10.00. The monoisotopic (exact) mass is 437 g/mol. The normalized spacial score (nSPS) is 19.5. The van der Waals surface area contributed by atoms with E-state index in [1.165, 1.54) is 0 Å². The van der Waals surface area contributed by atoms with Gasteiger partial charge in [0.15, 0.2) is 5.82 Å². The molecule has 1 unspecified atom stereocenters. The molecule has 32 heavy (non-hydrogen) atoms. The molecule has 1 atom stereocenters. The quantitative estimate of drug-likeness (QED) is 0.578. The summed E-state index contributed by atoms with van der Waals surface area (Å²) in [6.45, 7) is 4.80. The number of carbonyl (C=O) groups is 1. The molecule has 2 fully saturated rings. The molecule has 9 nitrogen and oxygen atoms in total.